The predicted molar refractivity (Wildman–Crippen MR) is 93.0 cm³/mol. The molecule has 1 aromatic heterocycles. The molecule has 1 aromatic rings. The van der Waals surface area contributed by atoms with E-state index in [2.05, 4.69) is 21.0 Å². The molecule has 0 radical (unpaired) electrons. The average molecular weight is 398 g/mol. The third-order valence-electron chi connectivity index (χ3n) is 3.67. The van der Waals surface area contributed by atoms with Gasteiger partial charge in [0, 0.05) is 19.3 Å². The van der Waals surface area contributed by atoms with Gasteiger partial charge >= 0.3 is 0 Å². The fourth-order valence-electron chi connectivity index (χ4n) is 2.47. The van der Waals surface area contributed by atoms with Crippen molar-refractivity contribution >= 4 is 46.0 Å². The van der Waals surface area contributed by atoms with E-state index in [-0.39, 0.29) is 24.4 Å². The van der Waals surface area contributed by atoms with Gasteiger partial charge < -0.3 is 10.6 Å². The molecule has 0 aliphatic carbocycles. The van der Waals surface area contributed by atoms with Crippen LogP contribution in [0.2, 0.25) is 0 Å². The topological polar surface area (TPSA) is 64.2 Å². The van der Waals surface area contributed by atoms with E-state index < -0.39 is 0 Å². The number of nitrogens with zero attached hydrogens (tertiary/aromatic N) is 3. The van der Waals surface area contributed by atoms with Gasteiger partial charge in [0.1, 0.15) is 0 Å². The van der Waals surface area contributed by atoms with Gasteiger partial charge in [0.15, 0.2) is 0 Å². The molecule has 0 spiro atoms. The number of hydrogen-bond donors (Lipinski definition) is 1. The third-order valence-corrected chi connectivity index (χ3v) is 4.72. The number of halogens is 2. The van der Waals surface area contributed by atoms with Gasteiger partial charge in [0.05, 0.1) is 22.8 Å². The maximum atomic E-state index is 12.2. The Morgan fingerprint density at radius 1 is 1.57 bits per heavy atom. The second-order valence-corrected chi connectivity index (χ2v) is 6.98. The lowest BCUT2D eigenvalue weighted by Crippen LogP contribution is -2.47. The highest BCUT2D eigenvalue weighted by Crippen LogP contribution is 2.23. The summed E-state index contributed by atoms with van der Waals surface area (Å²) in [7, 11) is 0. The minimum absolute atomic E-state index is 0. The SMILES string of the molecule is CSCC[C@H](N)C(=O)N1CCC(n2cc(Br)cn2)CC1.Cl. The summed E-state index contributed by atoms with van der Waals surface area (Å²) in [5.74, 6) is 1.03. The Balaban J connectivity index is 0.00000220. The van der Waals surface area contributed by atoms with Crippen LogP contribution in [0.3, 0.4) is 0 Å². The van der Waals surface area contributed by atoms with Crippen LogP contribution in [0.25, 0.3) is 0 Å². The zero-order chi connectivity index (χ0) is 14.5. The van der Waals surface area contributed by atoms with Crippen LogP contribution in [-0.2, 0) is 4.79 Å². The molecule has 1 atom stereocenters. The Morgan fingerprint density at radius 3 is 2.76 bits per heavy atom. The first-order chi connectivity index (χ1) is 9.61. The van der Waals surface area contributed by atoms with Gasteiger partial charge in [-0.3, -0.25) is 9.48 Å². The van der Waals surface area contributed by atoms with E-state index in [4.69, 9.17) is 5.73 Å². The molecule has 0 bridgehead atoms. The number of carbonyl (C=O) groups excluding carboxylic acids is 1. The fourth-order valence-corrected chi connectivity index (χ4v) is 3.26. The molecule has 1 aliphatic heterocycles. The number of likely N-dealkylation sites (tertiary alicyclic amines) is 1. The predicted octanol–water partition coefficient (Wildman–Crippen LogP) is 2.31. The van der Waals surface area contributed by atoms with Crippen molar-refractivity contribution in [1.29, 1.82) is 0 Å². The lowest BCUT2D eigenvalue weighted by Gasteiger charge is -2.33. The first-order valence-electron chi connectivity index (χ1n) is 6.84. The van der Waals surface area contributed by atoms with Crippen molar-refractivity contribution in [1.82, 2.24) is 14.7 Å². The molecule has 0 aromatic carbocycles. The standard InChI is InChI=1S/C13H21BrN4OS.ClH/c1-20-7-4-12(15)13(19)17-5-2-11(3-6-17)18-9-10(14)8-16-18;/h8-9,11-12H,2-7,15H2,1H3;1H/t12-;/m0./s1. The van der Waals surface area contributed by atoms with Gasteiger partial charge in [0.2, 0.25) is 5.91 Å². The molecule has 5 nitrogen and oxygen atoms in total. The van der Waals surface area contributed by atoms with E-state index in [0.717, 1.165) is 42.6 Å². The summed E-state index contributed by atoms with van der Waals surface area (Å²) in [5, 5.41) is 4.32. The molecule has 2 N–H and O–H groups in total. The molecule has 1 saturated heterocycles. The van der Waals surface area contributed by atoms with Gasteiger partial charge in [-0.15, -0.1) is 12.4 Å². The normalized spacial score (nSPS) is 17.4. The molecular weight excluding hydrogens is 376 g/mol. The van der Waals surface area contributed by atoms with Gasteiger partial charge in [-0.1, -0.05) is 0 Å². The summed E-state index contributed by atoms with van der Waals surface area (Å²) in [6.07, 6.45) is 8.46. The minimum Gasteiger partial charge on any atom is -0.341 e. The molecular formula is C13H22BrClN4OS. The quantitative estimate of drug-likeness (QED) is 0.828. The van der Waals surface area contributed by atoms with Crippen molar-refractivity contribution < 1.29 is 4.79 Å². The van der Waals surface area contributed by atoms with E-state index in [1.165, 1.54) is 0 Å². The number of hydrogen-bond acceptors (Lipinski definition) is 4. The van der Waals surface area contributed by atoms with Crippen LogP contribution in [0.1, 0.15) is 25.3 Å². The van der Waals surface area contributed by atoms with Gasteiger partial charge in [-0.2, -0.15) is 16.9 Å². The number of piperidine rings is 1. The van der Waals surface area contributed by atoms with Gasteiger partial charge in [0.25, 0.3) is 0 Å². The van der Waals surface area contributed by atoms with E-state index >= 15 is 0 Å². The summed E-state index contributed by atoms with van der Waals surface area (Å²) in [4.78, 5) is 14.1. The summed E-state index contributed by atoms with van der Waals surface area (Å²) in [6, 6.07) is 0.0330. The number of thioether (sulfide) groups is 1. The third kappa shape index (κ3) is 5.16. The Hall–Kier alpha value is -0.240. The van der Waals surface area contributed by atoms with Crippen molar-refractivity contribution in [2.24, 2.45) is 5.73 Å². The largest absolute Gasteiger partial charge is 0.341 e. The zero-order valence-electron chi connectivity index (χ0n) is 12.1. The smallest absolute Gasteiger partial charge is 0.239 e. The molecule has 2 rings (SSSR count). The summed E-state index contributed by atoms with van der Waals surface area (Å²) in [5.41, 5.74) is 5.95. The summed E-state index contributed by atoms with van der Waals surface area (Å²) in [6.45, 7) is 1.54. The average Bonchev–Trinajstić information content (AvgIpc) is 2.90. The van der Waals surface area contributed by atoms with Crippen LogP contribution in [0.5, 0.6) is 0 Å². The Morgan fingerprint density at radius 2 is 2.24 bits per heavy atom. The number of carbonyl (C=O) groups is 1. The Kier molecular flexibility index (Phi) is 8.08. The fraction of sp³-hybridized carbons (Fsp3) is 0.692. The maximum Gasteiger partial charge on any atom is 0.239 e. The Bertz CT molecular complexity index is 451. The van der Waals surface area contributed by atoms with Crippen LogP contribution in [0, 0.1) is 0 Å². The lowest BCUT2D eigenvalue weighted by molar-refractivity contribution is -0.133. The molecule has 8 heteroatoms. The monoisotopic (exact) mass is 396 g/mol. The molecule has 2 heterocycles. The highest BCUT2D eigenvalue weighted by molar-refractivity contribution is 9.10. The summed E-state index contributed by atoms with van der Waals surface area (Å²) < 4.78 is 2.98. The van der Waals surface area contributed by atoms with Crippen LogP contribution in [-0.4, -0.2) is 51.7 Å². The summed E-state index contributed by atoms with van der Waals surface area (Å²) >= 11 is 5.14. The van der Waals surface area contributed by atoms with E-state index in [9.17, 15) is 4.79 Å². The lowest BCUT2D eigenvalue weighted by atomic mass is 10.0. The van der Waals surface area contributed by atoms with Crippen LogP contribution in [0.15, 0.2) is 16.9 Å². The minimum atomic E-state index is -0.349. The molecule has 0 unspecified atom stereocenters. The number of aromatic nitrogens is 2. The number of amides is 1. The van der Waals surface area contributed by atoms with E-state index in [0.29, 0.717) is 6.04 Å². The van der Waals surface area contributed by atoms with Gasteiger partial charge in [-0.05, 0) is 47.2 Å². The van der Waals surface area contributed by atoms with Crippen molar-refractivity contribution in [3.63, 3.8) is 0 Å². The molecule has 21 heavy (non-hydrogen) atoms. The van der Waals surface area contributed by atoms with E-state index in [1.54, 1.807) is 18.0 Å². The first-order valence-corrected chi connectivity index (χ1v) is 9.03. The highest BCUT2D eigenvalue weighted by Gasteiger charge is 2.27. The number of rotatable bonds is 5. The maximum absolute atomic E-state index is 12.2. The van der Waals surface area contributed by atoms with Crippen LogP contribution in [0.4, 0.5) is 0 Å². The Labute approximate surface area is 144 Å². The molecule has 1 fully saturated rings. The number of nitrogens with two attached hydrogens (primary N) is 1. The van der Waals surface area contributed by atoms with Crippen molar-refractivity contribution in [3.05, 3.63) is 16.9 Å². The van der Waals surface area contributed by atoms with Crippen LogP contribution >= 0.6 is 40.1 Å². The van der Waals surface area contributed by atoms with Crippen molar-refractivity contribution in [3.8, 4) is 0 Å². The van der Waals surface area contributed by atoms with Crippen molar-refractivity contribution in [2.45, 2.75) is 31.3 Å². The van der Waals surface area contributed by atoms with Gasteiger partial charge in [-0.25, -0.2) is 0 Å². The van der Waals surface area contributed by atoms with Crippen LogP contribution < -0.4 is 5.73 Å². The highest BCUT2D eigenvalue weighted by atomic mass is 79.9. The van der Waals surface area contributed by atoms with Crippen molar-refractivity contribution in [2.75, 3.05) is 25.1 Å². The van der Waals surface area contributed by atoms with E-state index in [1.807, 2.05) is 22.0 Å². The zero-order valence-corrected chi connectivity index (χ0v) is 15.3. The molecule has 120 valence electrons. The second kappa shape index (κ2) is 9.02. The second-order valence-electron chi connectivity index (χ2n) is 5.08. The first kappa shape index (κ1) is 18.8. The molecule has 1 aliphatic rings. The molecule has 0 saturated carbocycles. The molecule has 1 amide bonds.